The number of nitrogens with one attached hydrogen (secondary N) is 1. The van der Waals surface area contributed by atoms with Gasteiger partial charge < -0.3 is 15.5 Å². The van der Waals surface area contributed by atoms with Gasteiger partial charge in [-0.2, -0.15) is 0 Å². The Morgan fingerprint density at radius 3 is 2.53 bits per heavy atom. The summed E-state index contributed by atoms with van der Waals surface area (Å²) in [5, 5.41) is 2.83. The minimum atomic E-state index is -0.242. The first-order valence-corrected chi connectivity index (χ1v) is 6.27. The fourth-order valence-electron chi connectivity index (χ4n) is 2.02. The molecule has 2 aromatic rings. The molecule has 0 spiro atoms. The molecule has 1 heterocycles. The van der Waals surface area contributed by atoms with Gasteiger partial charge in [0.25, 0.3) is 5.91 Å². The van der Waals surface area contributed by atoms with Crippen molar-refractivity contribution in [2.45, 2.75) is 20.3 Å². The third kappa shape index (κ3) is 3.45. The maximum absolute atomic E-state index is 12.0. The molecular formula is C15H18N2O2. The molecule has 0 atom stereocenters. The average Bonchev–Trinajstić information content (AvgIpc) is 2.76. The lowest BCUT2D eigenvalue weighted by Crippen LogP contribution is -2.11. The minimum Gasteiger partial charge on any atom is -0.456 e. The van der Waals surface area contributed by atoms with E-state index in [1.54, 1.807) is 12.1 Å². The Labute approximate surface area is 112 Å². The lowest BCUT2D eigenvalue weighted by molar-refractivity contribution is 0.0995. The van der Waals surface area contributed by atoms with Crippen LogP contribution in [-0.2, 0) is 6.42 Å². The molecule has 100 valence electrons. The van der Waals surface area contributed by atoms with Gasteiger partial charge in [-0.1, -0.05) is 6.07 Å². The van der Waals surface area contributed by atoms with Crippen molar-refractivity contribution < 1.29 is 9.21 Å². The predicted octanol–water partition coefficient (Wildman–Crippen LogP) is 2.65. The van der Waals surface area contributed by atoms with E-state index >= 15 is 0 Å². The summed E-state index contributed by atoms with van der Waals surface area (Å²) in [6, 6.07) is 9.36. The second-order valence-electron chi connectivity index (χ2n) is 4.64. The van der Waals surface area contributed by atoms with Crippen molar-refractivity contribution in [2.24, 2.45) is 5.73 Å². The number of furan rings is 1. The molecule has 4 heteroatoms. The molecule has 0 fully saturated rings. The van der Waals surface area contributed by atoms with Gasteiger partial charge in [0.1, 0.15) is 5.76 Å². The summed E-state index contributed by atoms with van der Waals surface area (Å²) in [6.45, 7) is 4.50. The van der Waals surface area contributed by atoms with E-state index in [-0.39, 0.29) is 5.91 Å². The van der Waals surface area contributed by atoms with Crippen LogP contribution in [0.3, 0.4) is 0 Å². The van der Waals surface area contributed by atoms with E-state index in [1.807, 2.05) is 26.0 Å². The van der Waals surface area contributed by atoms with Gasteiger partial charge in [-0.15, -0.1) is 0 Å². The van der Waals surface area contributed by atoms with Crippen LogP contribution in [0.5, 0.6) is 0 Å². The summed E-state index contributed by atoms with van der Waals surface area (Å²) in [6.07, 6.45) is 0.636. The maximum atomic E-state index is 12.0. The molecular weight excluding hydrogens is 240 g/mol. The van der Waals surface area contributed by atoms with Gasteiger partial charge in [0.2, 0.25) is 0 Å². The Bertz CT molecular complexity index is 567. The molecule has 3 N–H and O–H groups in total. The summed E-state index contributed by atoms with van der Waals surface area (Å²) < 4.78 is 5.43. The van der Waals surface area contributed by atoms with Gasteiger partial charge in [-0.05, 0) is 55.8 Å². The summed E-state index contributed by atoms with van der Waals surface area (Å²) in [4.78, 5) is 12.0. The van der Waals surface area contributed by atoms with Crippen molar-refractivity contribution in [2.75, 3.05) is 11.9 Å². The number of anilines is 1. The van der Waals surface area contributed by atoms with Gasteiger partial charge in [0.05, 0.1) is 0 Å². The molecule has 1 aromatic heterocycles. The van der Waals surface area contributed by atoms with Crippen molar-refractivity contribution in [3.05, 3.63) is 53.0 Å². The zero-order chi connectivity index (χ0) is 13.8. The second-order valence-corrected chi connectivity index (χ2v) is 4.64. The van der Waals surface area contributed by atoms with Crippen molar-refractivity contribution in [1.29, 1.82) is 0 Å². The Balaban J connectivity index is 2.11. The van der Waals surface area contributed by atoms with Crippen molar-refractivity contribution in [3.8, 4) is 0 Å². The van der Waals surface area contributed by atoms with E-state index in [2.05, 4.69) is 11.4 Å². The largest absolute Gasteiger partial charge is 0.456 e. The molecule has 0 saturated carbocycles. The molecule has 0 aliphatic rings. The van der Waals surface area contributed by atoms with Gasteiger partial charge in [0.15, 0.2) is 5.76 Å². The lowest BCUT2D eigenvalue weighted by Gasteiger charge is -2.06. The zero-order valence-electron chi connectivity index (χ0n) is 11.2. The molecule has 19 heavy (non-hydrogen) atoms. The van der Waals surface area contributed by atoms with Crippen LogP contribution < -0.4 is 11.1 Å². The van der Waals surface area contributed by atoms with E-state index in [4.69, 9.17) is 10.2 Å². The number of nitrogens with two attached hydrogens (primary N) is 1. The molecule has 1 aromatic carbocycles. The number of amides is 1. The number of hydrogen-bond donors (Lipinski definition) is 2. The Morgan fingerprint density at radius 1 is 1.21 bits per heavy atom. The van der Waals surface area contributed by atoms with Gasteiger partial charge in [-0.25, -0.2) is 0 Å². The SMILES string of the molecule is Cc1cc(C)cc(NC(=O)c2ccc(CCN)o2)c1. The highest BCUT2D eigenvalue weighted by molar-refractivity contribution is 6.02. The van der Waals surface area contributed by atoms with E-state index in [1.165, 1.54) is 0 Å². The number of hydrogen-bond acceptors (Lipinski definition) is 3. The highest BCUT2D eigenvalue weighted by atomic mass is 16.3. The summed E-state index contributed by atoms with van der Waals surface area (Å²) in [5.41, 5.74) is 8.44. The minimum absolute atomic E-state index is 0.242. The normalized spacial score (nSPS) is 10.5. The number of aryl methyl sites for hydroxylation is 2. The standard InChI is InChI=1S/C15H18N2O2/c1-10-7-11(2)9-12(8-10)17-15(18)14-4-3-13(19-14)5-6-16/h3-4,7-9H,5-6,16H2,1-2H3,(H,17,18). The van der Waals surface area contributed by atoms with E-state index in [0.29, 0.717) is 18.7 Å². The quantitative estimate of drug-likeness (QED) is 0.885. The molecule has 2 rings (SSSR count). The van der Waals surface area contributed by atoms with E-state index in [9.17, 15) is 4.79 Å². The average molecular weight is 258 g/mol. The van der Waals surface area contributed by atoms with Crippen LogP contribution in [-0.4, -0.2) is 12.5 Å². The second kappa shape index (κ2) is 5.71. The summed E-state index contributed by atoms with van der Waals surface area (Å²) >= 11 is 0. The first-order chi connectivity index (χ1) is 9.08. The molecule has 4 nitrogen and oxygen atoms in total. The smallest absolute Gasteiger partial charge is 0.291 e. The fraction of sp³-hybridized carbons (Fsp3) is 0.267. The van der Waals surface area contributed by atoms with Gasteiger partial charge in [0, 0.05) is 12.1 Å². The van der Waals surface area contributed by atoms with Crippen LogP contribution in [0.2, 0.25) is 0 Å². The monoisotopic (exact) mass is 258 g/mol. The highest BCUT2D eigenvalue weighted by Crippen LogP contribution is 2.16. The lowest BCUT2D eigenvalue weighted by atomic mass is 10.1. The third-order valence-electron chi connectivity index (χ3n) is 2.76. The van der Waals surface area contributed by atoms with Crippen LogP contribution in [0, 0.1) is 13.8 Å². The Morgan fingerprint density at radius 2 is 1.89 bits per heavy atom. The number of carbonyl (C=O) groups is 1. The van der Waals surface area contributed by atoms with Crippen molar-refractivity contribution in [1.82, 2.24) is 0 Å². The number of carbonyl (C=O) groups excluding carboxylic acids is 1. The molecule has 0 saturated heterocycles. The third-order valence-corrected chi connectivity index (χ3v) is 2.76. The molecule has 0 aliphatic carbocycles. The van der Waals surface area contributed by atoms with Gasteiger partial charge in [-0.3, -0.25) is 4.79 Å². The first kappa shape index (κ1) is 13.4. The van der Waals surface area contributed by atoms with Crippen LogP contribution in [0.15, 0.2) is 34.7 Å². The van der Waals surface area contributed by atoms with Gasteiger partial charge >= 0.3 is 0 Å². The molecule has 0 aliphatic heterocycles. The predicted molar refractivity (Wildman–Crippen MR) is 75.3 cm³/mol. The van der Waals surface area contributed by atoms with Crippen molar-refractivity contribution >= 4 is 11.6 Å². The highest BCUT2D eigenvalue weighted by Gasteiger charge is 2.11. The maximum Gasteiger partial charge on any atom is 0.291 e. The van der Waals surface area contributed by atoms with Crippen LogP contribution >= 0.6 is 0 Å². The van der Waals surface area contributed by atoms with E-state index in [0.717, 1.165) is 22.6 Å². The van der Waals surface area contributed by atoms with Crippen LogP contribution in [0.25, 0.3) is 0 Å². The summed E-state index contributed by atoms with van der Waals surface area (Å²) in [5.74, 6) is 0.795. The Hall–Kier alpha value is -2.07. The van der Waals surface area contributed by atoms with E-state index < -0.39 is 0 Å². The van der Waals surface area contributed by atoms with Crippen LogP contribution in [0.1, 0.15) is 27.4 Å². The summed E-state index contributed by atoms with van der Waals surface area (Å²) in [7, 11) is 0. The number of rotatable bonds is 4. The molecule has 0 unspecified atom stereocenters. The molecule has 0 bridgehead atoms. The molecule has 0 radical (unpaired) electrons. The topological polar surface area (TPSA) is 68.3 Å². The Kier molecular flexibility index (Phi) is 4.02. The van der Waals surface area contributed by atoms with Crippen LogP contribution in [0.4, 0.5) is 5.69 Å². The molecule has 1 amide bonds. The first-order valence-electron chi connectivity index (χ1n) is 6.27. The fourth-order valence-corrected chi connectivity index (χ4v) is 2.02. The number of benzene rings is 1. The van der Waals surface area contributed by atoms with Crippen molar-refractivity contribution in [3.63, 3.8) is 0 Å². The zero-order valence-corrected chi connectivity index (χ0v) is 11.2.